The van der Waals surface area contributed by atoms with Crippen LogP contribution in [0.1, 0.15) is 6.42 Å². The van der Waals surface area contributed by atoms with E-state index in [9.17, 15) is 14.4 Å². The summed E-state index contributed by atoms with van der Waals surface area (Å²) in [5.74, 6) is -1.12. The van der Waals surface area contributed by atoms with Crippen LogP contribution in [-0.2, 0) is 16.1 Å². The van der Waals surface area contributed by atoms with Gasteiger partial charge < -0.3 is 9.80 Å². The maximum absolute atomic E-state index is 12.5. The van der Waals surface area contributed by atoms with Crippen LogP contribution in [0.5, 0.6) is 0 Å². The van der Waals surface area contributed by atoms with Crippen LogP contribution in [0.3, 0.4) is 0 Å². The Morgan fingerprint density at radius 1 is 0.964 bits per heavy atom. The van der Waals surface area contributed by atoms with E-state index in [1.165, 1.54) is 18.9 Å². The van der Waals surface area contributed by atoms with E-state index in [1.54, 1.807) is 42.6 Å². The lowest BCUT2D eigenvalue weighted by molar-refractivity contribution is -0.146. The van der Waals surface area contributed by atoms with Gasteiger partial charge in [0.2, 0.25) is 0 Å². The van der Waals surface area contributed by atoms with E-state index < -0.39 is 11.8 Å². The van der Waals surface area contributed by atoms with Gasteiger partial charge in [0, 0.05) is 43.1 Å². The number of benzene rings is 1. The summed E-state index contributed by atoms with van der Waals surface area (Å²) in [5, 5.41) is 4.78. The number of piperazine rings is 1. The Morgan fingerprint density at radius 3 is 2.61 bits per heavy atom. The van der Waals surface area contributed by atoms with E-state index in [-0.39, 0.29) is 5.69 Å². The number of nitrogens with zero attached hydrogens (tertiary/aromatic N) is 5. The van der Waals surface area contributed by atoms with Crippen molar-refractivity contribution in [1.82, 2.24) is 19.1 Å². The van der Waals surface area contributed by atoms with E-state index >= 15 is 0 Å². The largest absolute Gasteiger partial charge is 0.350 e. The minimum absolute atomic E-state index is 0.219. The minimum atomic E-state index is -0.571. The Hall–Kier alpha value is -3.13. The topological polar surface area (TPSA) is 79.9 Å². The molecule has 0 atom stereocenters. The van der Waals surface area contributed by atoms with Crippen LogP contribution < -0.4 is 10.6 Å². The molecule has 1 aliphatic rings. The summed E-state index contributed by atoms with van der Waals surface area (Å²) in [7, 11) is 0. The van der Waals surface area contributed by atoms with Gasteiger partial charge >= 0.3 is 17.5 Å². The van der Waals surface area contributed by atoms with Crippen molar-refractivity contribution in [1.29, 1.82) is 0 Å². The highest BCUT2D eigenvalue weighted by molar-refractivity contribution is 6.41. The molecule has 0 unspecified atom stereocenters. The molecule has 0 saturated carbocycles. The molecular formula is C19H18ClN5O3. The number of rotatable bonds is 5. The molecule has 8 nitrogen and oxygen atoms in total. The van der Waals surface area contributed by atoms with Gasteiger partial charge in [0.05, 0.1) is 0 Å². The van der Waals surface area contributed by atoms with Crippen molar-refractivity contribution in [2.24, 2.45) is 0 Å². The number of aryl methyl sites for hydroxylation is 1. The molecule has 3 heterocycles. The van der Waals surface area contributed by atoms with Gasteiger partial charge in [0.1, 0.15) is 0 Å². The Morgan fingerprint density at radius 2 is 1.82 bits per heavy atom. The van der Waals surface area contributed by atoms with Crippen LogP contribution >= 0.6 is 11.6 Å². The maximum Gasteiger partial charge on any atom is 0.350 e. The highest BCUT2D eigenvalue weighted by Gasteiger charge is 2.33. The zero-order valence-electron chi connectivity index (χ0n) is 15.0. The maximum atomic E-state index is 12.5. The number of fused-ring (bicyclic) bond motifs is 1. The van der Waals surface area contributed by atoms with Gasteiger partial charge in [0.25, 0.3) is 0 Å². The molecule has 0 N–H and O–H groups in total. The minimum Gasteiger partial charge on any atom is -0.333 e. The lowest BCUT2D eigenvalue weighted by Gasteiger charge is -2.33. The van der Waals surface area contributed by atoms with Crippen molar-refractivity contribution in [2.75, 3.05) is 24.5 Å². The second kappa shape index (κ2) is 7.47. The third-order valence-corrected chi connectivity index (χ3v) is 4.95. The van der Waals surface area contributed by atoms with Crippen molar-refractivity contribution in [3.8, 4) is 0 Å². The number of halogens is 1. The fourth-order valence-electron chi connectivity index (χ4n) is 3.30. The molecule has 2 aromatic heterocycles. The third kappa shape index (κ3) is 3.38. The zero-order chi connectivity index (χ0) is 19.7. The molecule has 28 heavy (non-hydrogen) atoms. The van der Waals surface area contributed by atoms with Gasteiger partial charge in [-0.1, -0.05) is 23.7 Å². The zero-order valence-corrected chi connectivity index (χ0v) is 15.7. The molecule has 9 heteroatoms. The molecule has 2 amide bonds. The van der Waals surface area contributed by atoms with Crippen molar-refractivity contribution in [3.05, 3.63) is 64.2 Å². The van der Waals surface area contributed by atoms with Gasteiger partial charge in [-0.3, -0.25) is 14.0 Å². The molecule has 0 spiro atoms. The number of carbonyl (C=O) groups is 2. The van der Waals surface area contributed by atoms with Crippen LogP contribution in [0.25, 0.3) is 5.65 Å². The second-order valence-electron chi connectivity index (χ2n) is 6.52. The van der Waals surface area contributed by atoms with Gasteiger partial charge in [-0.2, -0.15) is 0 Å². The molecule has 0 aliphatic carbocycles. The van der Waals surface area contributed by atoms with E-state index in [0.717, 1.165) is 0 Å². The first-order valence-electron chi connectivity index (χ1n) is 8.95. The smallest absolute Gasteiger partial charge is 0.333 e. The molecule has 4 rings (SSSR count). The molecule has 1 aromatic carbocycles. The van der Waals surface area contributed by atoms with Crippen LogP contribution in [0.15, 0.2) is 53.5 Å². The fraction of sp³-hybridized carbons (Fsp3) is 0.263. The van der Waals surface area contributed by atoms with Crippen molar-refractivity contribution >= 4 is 34.7 Å². The molecule has 1 fully saturated rings. The summed E-state index contributed by atoms with van der Waals surface area (Å²) in [6.45, 7) is 1.58. The lowest BCUT2D eigenvalue weighted by Crippen LogP contribution is -2.54. The lowest BCUT2D eigenvalue weighted by atomic mass is 10.2. The number of hydrogen-bond donors (Lipinski definition) is 0. The molecule has 3 aromatic rings. The first-order chi connectivity index (χ1) is 13.5. The first-order valence-corrected chi connectivity index (χ1v) is 9.33. The third-order valence-electron chi connectivity index (χ3n) is 4.72. The van der Waals surface area contributed by atoms with Crippen LogP contribution in [-0.4, -0.2) is 50.5 Å². The summed E-state index contributed by atoms with van der Waals surface area (Å²) in [6, 6.07) is 12.2. The molecule has 144 valence electrons. The van der Waals surface area contributed by atoms with Crippen molar-refractivity contribution < 1.29 is 9.59 Å². The van der Waals surface area contributed by atoms with Crippen LogP contribution in [0.4, 0.5) is 5.69 Å². The number of pyridine rings is 1. The van der Waals surface area contributed by atoms with Gasteiger partial charge in [-0.05, 0) is 36.8 Å². The first kappa shape index (κ1) is 18.2. The molecular weight excluding hydrogens is 382 g/mol. The SMILES string of the molecule is O=C1C(=O)N(c2cccc(Cl)c2)CCN1CCCn1nc2ccccn2c1=O. The average molecular weight is 400 g/mol. The van der Waals surface area contributed by atoms with Crippen LogP contribution in [0, 0.1) is 0 Å². The number of amides is 2. The summed E-state index contributed by atoms with van der Waals surface area (Å²) in [4.78, 5) is 40.2. The summed E-state index contributed by atoms with van der Waals surface area (Å²) in [5.41, 5.74) is 0.972. The molecule has 1 saturated heterocycles. The van der Waals surface area contributed by atoms with Gasteiger partial charge in [0.15, 0.2) is 5.65 Å². The molecule has 0 bridgehead atoms. The number of anilines is 1. The van der Waals surface area contributed by atoms with E-state index in [4.69, 9.17) is 11.6 Å². The normalized spacial score (nSPS) is 14.9. The molecule has 0 radical (unpaired) electrons. The second-order valence-corrected chi connectivity index (χ2v) is 6.95. The molecule has 1 aliphatic heterocycles. The summed E-state index contributed by atoms with van der Waals surface area (Å²) >= 11 is 5.98. The summed E-state index contributed by atoms with van der Waals surface area (Å²) in [6.07, 6.45) is 2.19. The Balaban J connectivity index is 1.38. The monoisotopic (exact) mass is 399 g/mol. The van der Waals surface area contributed by atoms with Gasteiger partial charge in [-0.25, -0.2) is 9.48 Å². The standard InChI is InChI=1S/C19H18ClN5O3/c20-14-5-3-6-15(13-14)23-12-11-22(17(26)18(23)27)8-4-10-25-19(28)24-9-2-1-7-16(24)21-25/h1-3,5-7,9,13H,4,8,10-12H2. The van der Waals surface area contributed by atoms with E-state index in [1.807, 2.05) is 6.07 Å². The number of hydrogen-bond acceptors (Lipinski definition) is 4. The Kier molecular flexibility index (Phi) is 4.87. The Labute approximate surface area is 165 Å². The number of aromatic nitrogens is 3. The van der Waals surface area contributed by atoms with Crippen molar-refractivity contribution in [2.45, 2.75) is 13.0 Å². The Bertz CT molecular complexity index is 1110. The van der Waals surface area contributed by atoms with E-state index in [2.05, 4.69) is 5.10 Å². The predicted molar refractivity (Wildman–Crippen MR) is 104 cm³/mol. The fourth-order valence-corrected chi connectivity index (χ4v) is 3.49. The quantitative estimate of drug-likeness (QED) is 0.608. The average Bonchev–Trinajstić information content (AvgIpc) is 3.01. The highest BCUT2D eigenvalue weighted by atomic mass is 35.5. The number of carbonyl (C=O) groups excluding carboxylic acids is 2. The van der Waals surface area contributed by atoms with E-state index in [0.29, 0.717) is 49.0 Å². The van der Waals surface area contributed by atoms with Gasteiger partial charge in [-0.15, -0.1) is 5.10 Å². The summed E-state index contributed by atoms with van der Waals surface area (Å²) < 4.78 is 2.85. The highest BCUT2D eigenvalue weighted by Crippen LogP contribution is 2.21. The van der Waals surface area contributed by atoms with Crippen LogP contribution in [0.2, 0.25) is 5.02 Å². The predicted octanol–water partition coefficient (Wildman–Crippen LogP) is 1.41. The van der Waals surface area contributed by atoms with Crippen molar-refractivity contribution in [3.63, 3.8) is 0 Å².